The zero-order valence-corrected chi connectivity index (χ0v) is 16.9. The predicted octanol–water partition coefficient (Wildman–Crippen LogP) is 4.85. The van der Waals surface area contributed by atoms with Gasteiger partial charge in [0.2, 0.25) is 0 Å². The molecule has 1 unspecified atom stereocenters. The number of benzene rings is 2. The topological polar surface area (TPSA) is 73.9 Å². The lowest BCUT2D eigenvalue weighted by Crippen LogP contribution is -2.30. The van der Waals surface area contributed by atoms with E-state index in [2.05, 4.69) is 5.32 Å². The van der Waals surface area contributed by atoms with Crippen LogP contribution in [-0.4, -0.2) is 32.2 Å². The van der Waals surface area contributed by atoms with Crippen molar-refractivity contribution in [2.45, 2.75) is 13.0 Å². The first-order chi connectivity index (χ1) is 12.8. The van der Waals surface area contributed by atoms with E-state index in [9.17, 15) is 9.59 Å². The van der Waals surface area contributed by atoms with Crippen LogP contribution in [0.1, 0.15) is 17.3 Å². The smallest absolute Gasteiger partial charge is 0.342 e. The van der Waals surface area contributed by atoms with Crippen molar-refractivity contribution in [3.05, 3.63) is 51.0 Å². The van der Waals surface area contributed by atoms with Crippen LogP contribution in [0.4, 0.5) is 5.69 Å². The van der Waals surface area contributed by atoms with Gasteiger partial charge < -0.3 is 19.5 Å². The number of anilines is 1. The summed E-state index contributed by atoms with van der Waals surface area (Å²) in [6, 6.07) is 7.42. The van der Waals surface area contributed by atoms with E-state index in [0.29, 0.717) is 5.75 Å². The molecule has 1 atom stereocenters. The Balaban J connectivity index is 2.10. The summed E-state index contributed by atoms with van der Waals surface area (Å²) in [6.45, 7) is 1.43. The molecule has 0 radical (unpaired) electrons. The van der Waals surface area contributed by atoms with Crippen molar-refractivity contribution in [3.63, 3.8) is 0 Å². The molecule has 0 fully saturated rings. The first kappa shape index (κ1) is 21.2. The third kappa shape index (κ3) is 5.19. The number of rotatable bonds is 6. The lowest BCUT2D eigenvalue weighted by molar-refractivity contribution is -0.123. The largest absolute Gasteiger partial charge is 0.497 e. The van der Waals surface area contributed by atoms with E-state index in [-0.39, 0.29) is 32.1 Å². The van der Waals surface area contributed by atoms with Gasteiger partial charge in [-0.2, -0.15) is 0 Å². The maximum absolute atomic E-state index is 12.4. The number of carbonyl (C=O) groups is 2. The molecule has 9 heteroatoms. The second kappa shape index (κ2) is 9.17. The van der Waals surface area contributed by atoms with Crippen LogP contribution >= 0.6 is 34.8 Å². The van der Waals surface area contributed by atoms with Gasteiger partial charge in [-0.15, -0.1) is 0 Å². The molecular formula is C18H16Cl3NO5. The van der Waals surface area contributed by atoms with E-state index < -0.39 is 18.0 Å². The normalized spacial score (nSPS) is 11.5. The van der Waals surface area contributed by atoms with Crippen LogP contribution in [0.5, 0.6) is 11.5 Å². The number of hydrogen-bond acceptors (Lipinski definition) is 5. The van der Waals surface area contributed by atoms with Crippen molar-refractivity contribution in [3.8, 4) is 11.5 Å². The van der Waals surface area contributed by atoms with Crippen molar-refractivity contribution in [2.24, 2.45) is 0 Å². The van der Waals surface area contributed by atoms with Crippen LogP contribution < -0.4 is 14.8 Å². The quantitative estimate of drug-likeness (QED) is 0.522. The van der Waals surface area contributed by atoms with Crippen LogP contribution in [0.15, 0.2) is 30.3 Å². The number of esters is 1. The Morgan fingerprint density at radius 1 is 0.963 bits per heavy atom. The third-order valence-electron chi connectivity index (χ3n) is 3.55. The van der Waals surface area contributed by atoms with Gasteiger partial charge in [-0.05, 0) is 31.2 Å². The first-order valence-corrected chi connectivity index (χ1v) is 8.78. The molecule has 2 aromatic carbocycles. The molecule has 2 aromatic rings. The molecule has 0 aliphatic rings. The summed E-state index contributed by atoms with van der Waals surface area (Å²) in [5.41, 5.74) is 0.409. The van der Waals surface area contributed by atoms with Gasteiger partial charge in [-0.3, -0.25) is 4.79 Å². The monoisotopic (exact) mass is 431 g/mol. The lowest BCUT2D eigenvalue weighted by atomic mass is 10.2. The number of amides is 1. The summed E-state index contributed by atoms with van der Waals surface area (Å²) in [4.78, 5) is 24.7. The molecule has 27 heavy (non-hydrogen) atoms. The summed E-state index contributed by atoms with van der Waals surface area (Å²) < 4.78 is 15.4. The minimum atomic E-state index is -1.10. The minimum Gasteiger partial charge on any atom is -0.497 e. The highest BCUT2D eigenvalue weighted by Gasteiger charge is 2.22. The average molecular weight is 433 g/mol. The van der Waals surface area contributed by atoms with E-state index >= 15 is 0 Å². The Morgan fingerprint density at radius 3 is 2.26 bits per heavy atom. The Hall–Kier alpha value is -2.15. The molecule has 0 heterocycles. The fourth-order valence-electron chi connectivity index (χ4n) is 2.10. The maximum atomic E-state index is 12.4. The summed E-state index contributed by atoms with van der Waals surface area (Å²) in [5, 5.41) is 3.22. The molecule has 0 aliphatic carbocycles. The number of methoxy groups -OCH3 is 2. The highest BCUT2D eigenvalue weighted by Crippen LogP contribution is 2.32. The molecule has 6 nitrogen and oxygen atoms in total. The van der Waals surface area contributed by atoms with Crippen molar-refractivity contribution >= 4 is 52.4 Å². The molecule has 0 aliphatic heterocycles. The van der Waals surface area contributed by atoms with E-state index in [1.165, 1.54) is 45.4 Å². The van der Waals surface area contributed by atoms with Crippen LogP contribution in [0.2, 0.25) is 15.1 Å². The highest BCUT2D eigenvalue weighted by atomic mass is 35.5. The number of hydrogen-bond donors (Lipinski definition) is 1. The molecule has 0 saturated carbocycles. The standard InChI is InChI=1S/C18H16Cl3NO5/c1-9(17(23)22-15-8-13(20)12(19)7-14(15)21)27-18(24)11-5-4-10(25-2)6-16(11)26-3/h4-9H,1-3H3,(H,22,23). The summed E-state index contributed by atoms with van der Waals surface area (Å²) in [5.74, 6) is -0.531. The van der Waals surface area contributed by atoms with Gasteiger partial charge in [-0.1, -0.05) is 34.8 Å². The first-order valence-electron chi connectivity index (χ1n) is 7.65. The molecule has 0 saturated heterocycles. The molecule has 0 aromatic heterocycles. The van der Waals surface area contributed by atoms with Crippen molar-refractivity contribution < 1.29 is 23.8 Å². The molecule has 2 rings (SSSR count). The lowest BCUT2D eigenvalue weighted by Gasteiger charge is -2.16. The minimum absolute atomic E-state index is 0.158. The summed E-state index contributed by atoms with van der Waals surface area (Å²) >= 11 is 17.8. The van der Waals surface area contributed by atoms with Crippen LogP contribution in [0, 0.1) is 0 Å². The summed E-state index contributed by atoms with van der Waals surface area (Å²) in [6.07, 6.45) is -1.10. The van der Waals surface area contributed by atoms with Gasteiger partial charge in [0.1, 0.15) is 17.1 Å². The third-order valence-corrected chi connectivity index (χ3v) is 4.58. The molecule has 144 valence electrons. The number of carbonyl (C=O) groups excluding carboxylic acids is 2. The molecule has 0 bridgehead atoms. The Kier molecular flexibility index (Phi) is 7.18. The number of nitrogens with one attached hydrogen (secondary N) is 1. The summed E-state index contributed by atoms with van der Waals surface area (Å²) in [7, 11) is 2.90. The second-order valence-corrected chi connectivity index (χ2v) is 6.57. The van der Waals surface area contributed by atoms with E-state index in [1.54, 1.807) is 6.07 Å². The highest BCUT2D eigenvalue weighted by molar-refractivity contribution is 6.44. The van der Waals surface area contributed by atoms with Crippen LogP contribution in [0.3, 0.4) is 0 Å². The van der Waals surface area contributed by atoms with Gasteiger partial charge >= 0.3 is 5.97 Å². The van der Waals surface area contributed by atoms with E-state index in [1.807, 2.05) is 0 Å². The van der Waals surface area contributed by atoms with Crippen molar-refractivity contribution in [2.75, 3.05) is 19.5 Å². The second-order valence-electron chi connectivity index (χ2n) is 5.35. The van der Waals surface area contributed by atoms with Gasteiger partial charge in [0.15, 0.2) is 6.10 Å². The van der Waals surface area contributed by atoms with E-state index in [0.717, 1.165) is 0 Å². The zero-order chi connectivity index (χ0) is 20.1. The molecule has 0 spiro atoms. The van der Waals surface area contributed by atoms with Crippen LogP contribution in [-0.2, 0) is 9.53 Å². The maximum Gasteiger partial charge on any atom is 0.342 e. The number of halogens is 3. The Morgan fingerprint density at radius 2 is 1.63 bits per heavy atom. The van der Waals surface area contributed by atoms with E-state index in [4.69, 9.17) is 49.0 Å². The van der Waals surface area contributed by atoms with Gasteiger partial charge in [-0.25, -0.2) is 4.79 Å². The van der Waals surface area contributed by atoms with Gasteiger partial charge in [0.25, 0.3) is 5.91 Å². The predicted molar refractivity (Wildman–Crippen MR) is 105 cm³/mol. The molecular weight excluding hydrogens is 417 g/mol. The van der Waals surface area contributed by atoms with Crippen molar-refractivity contribution in [1.29, 1.82) is 0 Å². The fraction of sp³-hybridized carbons (Fsp3) is 0.222. The fourth-order valence-corrected chi connectivity index (χ4v) is 2.69. The van der Waals surface area contributed by atoms with Gasteiger partial charge in [0, 0.05) is 6.07 Å². The van der Waals surface area contributed by atoms with Crippen molar-refractivity contribution in [1.82, 2.24) is 0 Å². The molecule has 1 N–H and O–H groups in total. The van der Waals surface area contributed by atoms with Crippen LogP contribution in [0.25, 0.3) is 0 Å². The average Bonchev–Trinajstić information content (AvgIpc) is 2.65. The zero-order valence-electron chi connectivity index (χ0n) is 14.6. The molecule has 1 amide bonds. The number of ether oxygens (including phenoxy) is 3. The SMILES string of the molecule is COc1ccc(C(=O)OC(C)C(=O)Nc2cc(Cl)c(Cl)cc2Cl)c(OC)c1. The van der Waals surface area contributed by atoms with Gasteiger partial charge in [0.05, 0.1) is 35.0 Å². The Bertz CT molecular complexity index is 872. The Labute approximate surface area is 171 Å².